The van der Waals surface area contributed by atoms with Gasteiger partial charge in [0.05, 0.1) is 11.9 Å². The standard InChI is InChI=1S/C16H13F2N5/c1-10-4-2-3-5-13(10)21-16-22-15(9-19-23-16)20-14-7-6-11(17)8-12(14)18/h2-9H,1H3,(H2,20,21,22,23). The Kier molecular flexibility index (Phi) is 4.09. The third kappa shape index (κ3) is 3.57. The van der Waals surface area contributed by atoms with Crippen molar-refractivity contribution in [1.29, 1.82) is 0 Å². The van der Waals surface area contributed by atoms with Gasteiger partial charge in [0, 0.05) is 11.8 Å². The average Bonchev–Trinajstić information content (AvgIpc) is 2.53. The molecular formula is C16H13F2N5. The van der Waals surface area contributed by atoms with Crippen LogP contribution in [-0.4, -0.2) is 15.2 Å². The van der Waals surface area contributed by atoms with Gasteiger partial charge in [-0.1, -0.05) is 18.2 Å². The molecule has 0 fully saturated rings. The number of para-hydroxylation sites is 1. The molecule has 2 N–H and O–H groups in total. The summed E-state index contributed by atoms with van der Waals surface area (Å²) in [6.45, 7) is 1.95. The fourth-order valence-electron chi connectivity index (χ4n) is 1.98. The van der Waals surface area contributed by atoms with E-state index in [0.29, 0.717) is 5.82 Å². The van der Waals surface area contributed by atoms with E-state index in [2.05, 4.69) is 25.8 Å². The van der Waals surface area contributed by atoms with Crippen LogP contribution in [0.3, 0.4) is 0 Å². The summed E-state index contributed by atoms with van der Waals surface area (Å²) in [5.41, 5.74) is 1.98. The Labute approximate surface area is 131 Å². The largest absolute Gasteiger partial charge is 0.336 e. The first-order valence-corrected chi connectivity index (χ1v) is 6.86. The number of aromatic nitrogens is 3. The minimum absolute atomic E-state index is 0.105. The maximum absolute atomic E-state index is 13.7. The molecule has 0 spiro atoms. The second-order valence-corrected chi connectivity index (χ2v) is 4.85. The maximum Gasteiger partial charge on any atom is 0.249 e. The Balaban J connectivity index is 1.81. The lowest BCUT2D eigenvalue weighted by molar-refractivity contribution is 0.586. The van der Waals surface area contributed by atoms with Crippen molar-refractivity contribution in [2.75, 3.05) is 10.6 Å². The lowest BCUT2D eigenvalue weighted by Gasteiger charge is -2.09. The van der Waals surface area contributed by atoms with Crippen molar-refractivity contribution >= 4 is 23.1 Å². The number of hydrogen-bond donors (Lipinski definition) is 2. The molecule has 0 unspecified atom stereocenters. The average molecular weight is 313 g/mol. The number of hydrogen-bond acceptors (Lipinski definition) is 5. The summed E-state index contributed by atoms with van der Waals surface area (Å²) in [6.07, 6.45) is 1.35. The van der Waals surface area contributed by atoms with Gasteiger partial charge in [0.1, 0.15) is 11.6 Å². The van der Waals surface area contributed by atoms with Gasteiger partial charge in [-0.15, -0.1) is 5.10 Å². The van der Waals surface area contributed by atoms with Crippen LogP contribution in [0.1, 0.15) is 5.56 Å². The summed E-state index contributed by atoms with van der Waals surface area (Å²) < 4.78 is 26.6. The van der Waals surface area contributed by atoms with Crippen LogP contribution < -0.4 is 10.6 Å². The zero-order valence-corrected chi connectivity index (χ0v) is 12.2. The van der Waals surface area contributed by atoms with Crippen molar-refractivity contribution in [3.8, 4) is 0 Å². The van der Waals surface area contributed by atoms with E-state index in [0.717, 1.165) is 23.4 Å². The molecule has 1 aromatic heterocycles. The molecule has 3 rings (SSSR count). The van der Waals surface area contributed by atoms with Gasteiger partial charge in [0.15, 0.2) is 5.82 Å². The first-order valence-electron chi connectivity index (χ1n) is 6.86. The number of rotatable bonds is 4. The monoisotopic (exact) mass is 313 g/mol. The number of aryl methyl sites for hydroxylation is 1. The highest BCUT2D eigenvalue weighted by Gasteiger charge is 2.07. The smallest absolute Gasteiger partial charge is 0.249 e. The summed E-state index contributed by atoms with van der Waals surface area (Å²) in [6, 6.07) is 10.9. The van der Waals surface area contributed by atoms with Crippen LogP contribution in [0.25, 0.3) is 0 Å². The Morgan fingerprint density at radius 3 is 2.57 bits per heavy atom. The van der Waals surface area contributed by atoms with Crippen molar-refractivity contribution < 1.29 is 8.78 Å². The molecule has 0 aliphatic heterocycles. The predicted molar refractivity (Wildman–Crippen MR) is 83.9 cm³/mol. The summed E-state index contributed by atoms with van der Waals surface area (Å²) in [5, 5.41) is 13.5. The van der Waals surface area contributed by atoms with Crippen LogP contribution in [0.4, 0.5) is 31.9 Å². The van der Waals surface area contributed by atoms with Crippen molar-refractivity contribution in [3.05, 3.63) is 65.9 Å². The van der Waals surface area contributed by atoms with Gasteiger partial charge in [-0.25, -0.2) is 8.78 Å². The molecule has 0 bridgehead atoms. The summed E-state index contributed by atoms with van der Waals surface area (Å²) >= 11 is 0. The van der Waals surface area contributed by atoms with Gasteiger partial charge in [-0.3, -0.25) is 0 Å². The molecular weight excluding hydrogens is 300 g/mol. The molecule has 0 amide bonds. The zero-order chi connectivity index (χ0) is 16.2. The van der Waals surface area contributed by atoms with Crippen molar-refractivity contribution in [3.63, 3.8) is 0 Å². The third-order valence-corrected chi connectivity index (χ3v) is 3.14. The molecule has 0 saturated carbocycles. The van der Waals surface area contributed by atoms with E-state index in [-0.39, 0.29) is 11.6 Å². The second kappa shape index (κ2) is 6.35. The maximum atomic E-state index is 13.7. The topological polar surface area (TPSA) is 62.7 Å². The predicted octanol–water partition coefficient (Wildman–Crippen LogP) is 3.95. The minimum Gasteiger partial charge on any atom is -0.336 e. The molecule has 3 aromatic rings. The van der Waals surface area contributed by atoms with Gasteiger partial charge in [-0.2, -0.15) is 10.1 Å². The molecule has 116 valence electrons. The van der Waals surface area contributed by atoms with Gasteiger partial charge in [0.2, 0.25) is 5.95 Å². The summed E-state index contributed by atoms with van der Waals surface area (Å²) in [5.74, 6) is -0.791. The van der Waals surface area contributed by atoms with Crippen LogP contribution >= 0.6 is 0 Å². The van der Waals surface area contributed by atoms with E-state index >= 15 is 0 Å². The van der Waals surface area contributed by atoms with Gasteiger partial charge < -0.3 is 10.6 Å². The zero-order valence-electron chi connectivity index (χ0n) is 12.2. The number of nitrogens with one attached hydrogen (secondary N) is 2. The van der Waals surface area contributed by atoms with E-state index in [9.17, 15) is 8.78 Å². The Morgan fingerprint density at radius 2 is 1.78 bits per heavy atom. The number of halogens is 2. The van der Waals surface area contributed by atoms with E-state index in [1.54, 1.807) is 0 Å². The quantitative estimate of drug-likeness (QED) is 0.764. The minimum atomic E-state index is -0.711. The number of nitrogens with zero attached hydrogens (tertiary/aromatic N) is 3. The Bertz CT molecular complexity index is 838. The first-order chi connectivity index (χ1) is 11.1. The van der Waals surface area contributed by atoms with Crippen LogP contribution in [0.2, 0.25) is 0 Å². The normalized spacial score (nSPS) is 10.4. The van der Waals surface area contributed by atoms with Crippen LogP contribution in [-0.2, 0) is 0 Å². The van der Waals surface area contributed by atoms with E-state index in [1.807, 2.05) is 31.2 Å². The second-order valence-electron chi connectivity index (χ2n) is 4.85. The van der Waals surface area contributed by atoms with Gasteiger partial charge in [-0.05, 0) is 30.7 Å². The summed E-state index contributed by atoms with van der Waals surface area (Å²) in [7, 11) is 0. The highest BCUT2D eigenvalue weighted by Crippen LogP contribution is 2.21. The number of benzene rings is 2. The van der Waals surface area contributed by atoms with Crippen LogP contribution in [0.15, 0.2) is 48.7 Å². The molecule has 0 radical (unpaired) electrons. The van der Waals surface area contributed by atoms with Crippen molar-refractivity contribution in [2.24, 2.45) is 0 Å². The molecule has 23 heavy (non-hydrogen) atoms. The fourth-order valence-corrected chi connectivity index (χ4v) is 1.98. The highest BCUT2D eigenvalue weighted by molar-refractivity contribution is 5.60. The lowest BCUT2D eigenvalue weighted by Crippen LogP contribution is -2.04. The fraction of sp³-hybridized carbons (Fsp3) is 0.0625. The van der Waals surface area contributed by atoms with Crippen LogP contribution in [0, 0.1) is 18.6 Å². The molecule has 0 atom stereocenters. The highest BCUT2D eigenvalue weighted by atomic mass is 19.1. The van der Waals surface area contributed by atoms with Gasteiger partial charge >= 0.3 is 0 Å². The van der Waals surface area contributed by atoms with Gasteiger partial charge in [0.25, 0.3) is 0 Å². The molecule has 5 nitrogen and oxygen atoms in total. The molecule has 1 heterocycles. The van der Waals surface area contributed by atoms with E-state index < -0.39 is 11.6 Å². The molecule has 0 aliphatic carbocycles. The van der Waals surface area contributed by atoms with Crippen molar-refractivity contribution in [1.82, 2.24) is 15.2 Å². The molecule has 2 aromatic carbocycles. The number of anilines is 4. The third-order valence-electron chi connectivity index (χ3n) is 3.14. The summed E-state index contributed by atoms with van der Waals surface area (Å²) in [4.78, 5) is 4.21. The SMILES string of the molecule is Cc1ccccc1Nc1nncc(Nc2ccc(F)cc2F)n1. The molecule has 0 saturated heterocycles. The molecule has 0 aliphatic rings. The first kappa shape index (κ1) is 14.8. The Hall–Kier alpha value is -3.09. The lowest BCUT2D eigenvalue weighted by atomic mass is 10.2. The van der Waals surface area contributed by atoms with Crippen LogP contribution in [0.5, 0.6) is 0 Å². The molecule has 7 heteroatoms. The van der Waals surface area contributed by atoms with E-state index in [1.165, 1.54) is 12.3 Å². The Morgan fingerprint density at radius 1 is 0.957 bits per heavy atom. The van der Waals surface area contributed by atoms with E-state index in [4.69, 9.17) is 0 Å². The van der Waals surface area contributed by atoms with Crippen molar-refractivity contribution in [2.45, 2.75) is 6.92 Å².